The maximum Gasteiger partial charge on any atom is 1.00 e. The van der Waals surface area contributed by atoms with Crippen LogP contribution >= 0.6 is 0 Å². The maximum atomic E-state index is 12.4. The molecule has 1 fully saturated rings. The Morgan fingerprint density at radius 2 is 1.60 bits per heavy atom. The molecule has 13 nitrogen and oxygen atoms in total. The zero-order valence-electron chi connectivity index (χ0n) is 25.2. The van der Waals surface area contributed by atoms with Crippen LogP contribution in [-0.4, -0.2) is 60.0 Å². The van der Waals surface area contributed by atoms with Crippen molar-refractivity contribution in [2.45, 2.75) is 54.9 Å². The molecule has 0 radical (unpaired) electrons. The maximum absolute atomic E-state index is 12.4. The van der Waals surface area contributed by atoms with Gasteiger partial charge in [0.25, 0.3) is 11.6 Å². The molecule has 238 valence electrons. The molecule has 2 amide bonds. The molecule has 0 bridgehead atoms. The summed E-state index contributed by atoms with van der Waals surface area (Å²) in [5.74, 6) is -0.838. The largest absolute Gasteiger partial charge is 1.00 e. The second-order valence-corrected chi connectivity index (χ2v) is 13.7. The normalized spacial score (nSPS) is 14.0. The van der Waals surface area contributed by atoms with E-state index >= 15 is 0 Å². The molecular weight excluding hydrogens is 661 g/mol. The van der Waals surface area contributed by atoms with Gasteiger partial charge in [-0.25, -0.2) is 21.8 Å². The first-order valence-corrected chi connectivity index (χ1v) is 17.2. The average Bonchev–Trinajstić information content (AvgIpc) is 3.58. The van der Waals surface area contributed by atoms with Crippen molar-refractivity contribution in [2.75, 3.05) is 6.54 Å². The molecule has 6 rings (SSSR count). The quantitative estimate of drug-likeness (QED) is 0.0603. The van der Waals surface area contributed by atoms with Crippen molar-refractivity contribution in [1.29, 1.82) is 0 Å². The fourth-order valence-electron chi connectivity index (χ4n) is 5.72. The van der Waals surface area contributed by atoms with Gasteiger partial charge in [-0.2, -0.15) is 4.57 Å². The van der Waals surface area contributed by atoms with E-state index in [1.165, 1.54) is 6.07 Å². The van der Waals surface area contributed by atoms with Crippen LogP contribution in [0.4, 0.5) is 0 Å². The first kappa shape index (κ1) is 34.8. The van der Waals surface area contributed by atoms with E-state index in [4.69, 9.17) is 4.42 Å². The van der Waals surface area contributed by atoms with E-state index in [1.807, 2.05) is 34.9 Å². The van der Waals surface area contributed by atoms with Crippen LogP contribution < -0.4 is 34.1 Å². The number of para-hydroxylation sites is 1. The van der Waals surface area contributed by atoms with Gasteiger partial charge in [-0.3, -0.25) is 19.3 Å². The fraction of sp³-hybridized carbons (Fsp3) is 0.258. The van der Waals surface area contributed by atoms with Crippen LogP contribution in [0.1, 0.15) is 38.5 Å². The van der Waals surface area contributed by atoms with E-state index < -0.39 is 30.0 Å². The SMILES string of the molecule is O=C(CCCCC[n+]1c(-c2nc3c(o2)c(S(=O)(=O)[O-])cc2cc(S(=O)(=O)[O-])ccc23)ccc2ccccc21)CN1C(=O)CCC1=O.[Na+]. The van der Waals surface area contributed by atoms with Gasteiger partial charge in [-0.05, 0) is 48.6 Å². The first-order valence-electron chi connectivity index (χ1n) is 14.4. The van der Waals surface area contributed by atoms with Crippen LogP contribution in [0.3, 0.4) is 0 Å². The molecule has 0 saturated carbocycles. The number of fused-ring (bicyclic) bond motifs is 4. The van der Waals surface area contributed by atoms with Crippen LogP contribution in [0.5, 0.6) is 0 Å². The third-order valence-electron chi connectivity index (χ3n) is 7.96. The van der Waals surface area contributed by atoms with Gasteiger partial charge in [-0.1, -0.05) is 18.2 Å². The Bertz CT molecular complexity index is 2290. The number of aryl methyl sites for hydroxylation is 1. The van der Waals surface area contributed by atoms with Crippen LogP contribution in [0.2, 0.25) is 0 Å². The summed E-state index contributed by atoms with van der Waals surface area (Å²) in [6.45, 7) is 0.242. The Morgan fingerprint density at radius 1 is 0.872 bits per heavy atom. The Kier molecular flexibility index (Phi) is 9.99. The van der Waals surface area contributed by atoms with Crippen molar-refractivity contribution in [2.24, 2.45) is 0 Å². The number of rotatable bonds is 11. The number of unbranched alkanes of at least 4 members (excludes halogenated alkanes) is 2. The minimum absolute atomic E-state index is 0. The van der Waals surface area contributed by atoms with Crippen LogP contribution in [-0.2, 0) is 41.2 Å². The van der Waals surface area contributed by atoms with Crippen molar-refractivity contribution < 1.29 is 78.9 Å². The van der Waals surface area contributed by atoms with Crippen molar-refractivity contribution in [1.82, 2.24) is 9.88 Å². The molecule has 1 saturated heterocycles. The number of imide groups is 1. The standard InChI is InChI=1S/C31H27N3O10S2.Na/c35-21(18-34-27(36)13-14-28(34)37)7-2-1-5-15-33-24-8-4-3-6-19(24)9-12-25(33)31-32-29-23-11-10-22(45(38,39)40)16-20(23)17-26(30(29)44-31)46(41,42)43;/h3-4,6,8-12,16-17H,1-2,5,7,13-15,18H2,(H-,38,39,40,41,42,43);/q;+1/p-1. The first-order chi connectivity index (χ1) is 21.8. The van der Waals surface area contributed by atoms with Crippen LogP contribution in [0.25, 0.3) is 44.4 Å². The second-order valence-electron chi connectivity index (χ2n) is 11.0. The van der Waals surface area contributed by atoms with E-state index in [-0.39, 0.29) is 101 Å². The van der Waals surface area contributed by atoms with Crippen LogP contribution in [0, 0.1) is 0 Å². The van der Waals surface area contributed by atoms with Crippen molar-refractivity contribution in [3.8, 4) is 11.6 Å². The molecule has 0 spiro atoms. The van der Waals surface area contributed by atoms with Gasteiger partial charge in [-0.15, -0.1) is 0 Å². The topological polar surface area (TPSA) is 199 Å². The number of aromatic nitrogens is 2. The summed E-state index contributed by atoms with van der Waals surface area (Å²) >= 11 is 0. The van der Waals surface area contributed by atoms with E-state index in [1.54, 1.807) is 6.07 Å². The third-order valence-corrected chi connectivity index (χ3v) is 9.63. The molecule has 0 aliphatic carbocycles. The molecule has 1 aliphatic rings. The zero-order valence-corrected chi connectivity index (χ0v) is 28.8. The third kappa shape index (κ3) is 7.16. The molecule has 3 heterocycles. The molecule has 1 aliphatic heterocycles. The predicted octanol–water partition coefficient (Wildman–Crippen LogP) is 0.179. The van der Waals surface area contributed by atoms with Crippen molar-refractivity contribution in [3.05, 3.63) is 60.7 Å². The number of pyridine rings is 1. The van der Waals surface area contributed by atoms with Gasteiger partial charge < -0.3 is 13.5 Å². The number of benzene rings is 3. The number of oxazole rings is 1. The van der Waals surface area contributed by atoms with Crippen LogP contribution in [0.15, 0.2) is 74.9 Å². The summed E-state index contributed by atoms with van der Waals surface area (Å²) in [7, 11) is -9.97. The summed E-state index contributed by atoms with van der Waals surface area (Å²) in [6.07, 6.45) is 2.28. The predicted molar refractivity (Wildman–Crippen MR) is 160 cm³/mol. The minimum atomic E-state index is -5.11. The molecule has 2 aromatic heterocycles. The van der Waals surface area contributed by atoms with Gasteiger partial charge >= 0.3 is 29.6 Å². The fourth-order valence-corrected chi connectivity index (χ4v) is 6.86. The monoisotopic (exact) mass is 687 g/mol. The molecule has 0 unspecified atom stereocenters. The van der Waals surface area contributed by atoms with Gasteiger partial charge in [0, 0.05) is 48.6 Å². The number of Topliss-reactive ketones (excluding diaryl/α,β-unsaturated/α-hetero) is 1. The molecule has 5 aromatic rings. The number of hydrogen-bond acceptors (Lipinski definition) is 11. The van der Waals surface area contributed by atoms with Crippen molar-refractivity contribution >= 4 is 70.6 Å². The number of carbonyl (C=O) groups is 3. The molecule has 0 N–H and O–H groups in total. The summed E-state index contributed by atoms with van der Waals surface area (Å²) in [5.41, 5.74) is 0.989. The van der Waals surface area contributed by atoms with E-state index in [2.05, 4.69) is 4.98 Å². The Balaban J connectivity index is 0.00000433. The molecule has 47 heavy (non-hydrogen) atoms. The van der Waals surface area contributed by atoms with Gasteiger partial charge in [0.2, 0.25) is 17.3 Å². The van der Waals surface area contributed by atoms with Crippen molar-refractivity contribution in [3.63, 3.8) is 0 Å². The van der Waals surface area contributed by atoms with E-state index in [0.29, 0.717) is 31.5 Å². The Hall–Kier alpha value is -3.57. The summed E-state index contributed by atoms with van der Waals surface area (Å²) in [6, 6.07) is 15.5. The Labute approximate surface area is 291 Å². The number of likely N-dealkylation sites (tertiary alicyclic amines) is 1. The Morgan fingerprint density at radius 3 is 2.30 bits per heavy atom. The number of hydrogen-bond donors (Lipinski definition) is 0. The molecule has 16 heteroatoms. The molecule has 3 aromatic carbocycles. The summed E-state index contributed by atoms with van der Waals surface area (Å²) in [4.78, 5) is 40.2. The smallest absolute Gasteiger partial charge is 0.744 e. The minimum Gasteiger partial charge on any atom is -0.744 e. The zero-order chi connectivity index (χ0) is 32.8. The molecule has 0 atom stereocenters. The average molecular weight is 688 g/mol. The second kappa shape index (κ2) is 13.5. The van der Waals surface area contributed by atoms with Gasteiger partial charge in [0.05, 0.1) is 16.3 Å². The number of amides is 2. The van der Waals surface area contributed by atoms with Gasteiger partial charge in [0.15, 0.2) is 11.4 Å². The number of nitrogens with zero attached hydrogens (tertiary/aromatic N) is 3. The summed E-state index contributed by atoms with van der Waals surface area (Å²) < 4.78 is 79.4. The van der Waals surface area contributed by atoms with Gasteiger partial charge in [0.1, 0.15) is 32.3 Å². The molecular formula is C31H26N3NaO10S2. The number of ketones is 1. The van der Waals surface area contributed by atoms with E-state index in [9.17, 15) is 40.3 Å². The van der Waals surface area contributed by atoms with E-state index in [0.717, 1.165) is 34.0 Å². The summed E-state index contributed by atoms with van der Waals surface area (Å²) in [5, 5.41) is 1.19. The number of carbonyl (C=O) groups excluding carboxylic acids is 3.